The molecule has 0 amide bonds. The lowest BCUT2D eigenvalue weighted by molar-refractivity contribution is 0.340. The second-order valence-corrected chi connectivity index (χ2v) is 4.92. The van der Waals surface area contributed by atoms with Crippen molar-refractivity contribution in [1.82, 2.24) is 9.55 Å². The first-order valence-electron chi connectivity index (χ1n) is 6.08. The van der Waals surface area contributed by atoms with Crippen LogP contribution in [0.15, 0.2) is 35.2 Å². The zero-order chi connectivity index (χ0) is 13.0. The minimum absolute atomic E-state index is 0.709. The Hall–Kier alpha value is -1.29. The summed E-state index contributed by atoms with van der Waals surface area (Å²) in [5.41, 5.74) is 2.40. The largest absolute Gasteiger partial charge is 0.494 e. The Balaban J connectivity index is 1.96. The lowest BCUT2D eigenvalue weighted by atomic mass is 10.1. The second kappa shape index (κ2) is 6.05. The number of aryl methyl sites for hydroxylation is 3. The number of aromatic nitrogens is 2. The minimum atomic E-state index is 0.709. The number of imidazole rings is 1. The van der Waals surface area contributed by atoms with Crippen molar-refractivity contribution in [3.63, 3.8) is 0 Å². The van der Waals surface area contributed by atoms with Gasteiger partial charge in [0.05, 0.1) is 18.6 Å². The third-order valence-corrected chi connectivity index (χ3v) is 3.84. The summed E-state index contributed by atoms with van der Waals surface area (Å²) in [7, 11) is 1.98. The van der Waals surface area contributed by atoms with E-state index in [0.717, 1.165) is 28.9 Å². The van der Waals surface area contributed by atoms with Gasteiger partial charge in [0.15, 0.2) is 0 Å². The number of hydrogen-bond acceptors (Lipinski definition) is 2. The Morgan fingerprint density at radius 2 is 1.94 bits per heavy atom. The van der Waals surface area contributed by atoms with E-state index in [1.165, 1.54) is 5.56 Å². The van der Waals surface area contributed by atoms with Crippen molar-refractivity contribution in [3.05, 3.63) is 46.5 Å². The van der Waals surface area contributed by atoms with Crippen LogP contribution in [-0.2, 0) is 19.9 Å². The highest BCUT2D eigenvalue weighted by molar-refractivity contribution is 9.10. The summed E-state index contributed by atoms with van der Waals surface area (Å²) in [4.78, 5) is 4.37. The highest BCUT2D eigenvalue weighted by Gasteiger charge is 2.05. The summed E-state index contributed by atoms with van der Waals surface area (Å²) in [6, 6.07) is 8.27. The molecular formula is C14H17BrN2O. The number of halogens is 1. The van der Waals surface area contributed by atoms with E-state index in [1.54, 1.807) is 0 Å². The first kappa shape index (κ1) is 13.1. The maximum atomic E-state index is 5.42. The fourth-order valence-corrected chi connectivity index (χ4v) is 2.21. The molecule has 0 aliphatic heterocycles. The molecule has 0 bridgehead atoms. The van der Waals surface area contributed by atoms with E-state index in [9.17, 15) is 0 Å². The summed E-state index contributed by atoms with van der Waals surface area (Å²) in [5, 5.41) is 0. The number of rotatable bonds is 5. The van der Waals surface area contributed by atoms with Crippen LogP contribution in [0.5, 0.6) is 5.75 Å². The van der Waals surface area contributed by atoms with Gasteiger partial charge >= 0.3 is 0 Å². The topological polar surface area (TPSA) is 27.1 Å². The molecule has 0 spiro atoms. The molecule has 2 rings (SSSR count). The van der Waals surface area contributed by atoms with Gasteiger partial charge in [0, 0.05) is 7.05 Å². The summed E-state index contributed by atoms with van der Waals surface area (Å²) in [5.74, 6) is 0.931. The summed E-state index contributed by atoms with van der Waals surface area (Å²) >= 11 is 3.54. The smallest absolute Gasteiger partial charge is 0.119 e. The SMILES string of the molecule is CCOc1ccc(CCc2ncn(C)c2Br)cc1. The van der Waals surface area contributed by atoms with E-state index in [0.29, 0.717) is 6.61 Å². The molecule has 0 unspecified atom stereocenters. The molecule has 0 fully saturated rings. The van der Waals surface area contributed by atoms with E-state index in [1.807, 2.05) is 37.0 Å². The molecule has 1 aromatic carbocycles. The lowest BCUT2D eigenvalue weighted by Crippen LogP contribution is -1.95. The van der Waals surface area contributed by atoms with E-state index >= 15 is 0 Å². The maximum Gasteiger partial charge on any atom is 0.119 e. The van der Waals surface area contributed by atoms with Crippen LogP contribution in [0.25, 0.3) is 0 Å². The van der Waals surface area contributed by atoms with Gasteiger partial charge in [-0.25, -0.2) is 4.98 Å². The molecule has 96 valence electrons. The van der Waals surface area contributed by atoms with Gasteiger partial charge in [-0.05, 0) is 53.4 Å². The summed E-state index contributed by atoms with van der Waals surface area (Å²) < 4.78 is 8.47. The van der Waals surface area contributed by atoms with E-state index in [2.05, 4.69) is 33.0 Å². The molecule has 0 atom stereocenters. The van der Waals surface area contributed by atoms with Gasteiger partial charge in [0.1, 0.15) is 10.4 Å². The normalized spacial score (nSPS) is 10.6. The maximum absolute atomic E-state index is 5.42. The Morgan fingerprint density at radius 3 is 2.50 bits per heavy atom. The molecule has 3 nitrogen and oxygen atoms in total. The van der Waals surface area contributed by atoms with E-state index in [4.69, 9.17) is 4.74 Å². The molecule has 0 saturated heterocycles. The molecule has 18 heavy (non-hydrogen) atoms. The van der Waals surface area contributed by atoms with Crippen LogP contribution < -0.4 is 4.74 Å². The van der Waals surface area contributed by atoms with Crippen LogP contribution in [0.1, 0.15) is 18.2 Å². The van der Waals surface area contributed by atoms with Crippen molar-refractivity contribution in [2.24, 2.45) is 7.05 Å². The Bertz CT molecular complexity index is 505. The zero-order valence-electron chi connectivity index (χ0n) is 10.7. The van der Waals surface area contributed by atoms with Crippen LogP contribution in [0, 0.1) is 0 Å². The van der Waals surface area contributed by atoms with Gasteiger partial charge in [0.2, 0.25) is 0 Å². The number of ether oxygens (including phenoxy) is 1. The fourth-order valence-electron chi connectivity index (χ4n) is 1.81. The summed E-state index contributed by atoms with van der Waals surface area (Å²) in [6.07, 6.45) is 3.76. The van der Waals surface area contributed by atoms with E-state index < -0.39 is 0 Å². The molecule has 0 radical (unpaired) electrons. The molecule has 4 heteroatoms. The zero-order valence-corrected chi connectivity index (χ0v) is 12.3. The standard InChI is InChI=1S/C14H17BrN2O/c1-3-18-12-7-4-11(5-8-12)6-9-13-14(15)17(2)10-16-13/h4-5,7-8,10H,3,6,9H2,1-2H3. The highest BCUT2D eigenvalue weighted by Crippen LogP contribution is 2.18. The van der Waals surface area contributed by atoms with Crippen molar-refractivity contribution in [1.29, 1.82) is 0 Å². The van der Waals surface area contributed by atoms with Crippen LogP contribution in [-0.4, -0.2) is 16.2 Å². The molecule has 0 saturated carbocycles. The van der Waals surface area contributed by atoms with Gasteiger partial charge in [-0.3, -0.25) is 0 Å². The van der Waals surface area contributed by atoms with Crippen molar-refractivity contribution in [3.8, 4) is 5.75 Å². The van der Waals surface area contributed by atoms with Gasteiger partial charge in [-0.2, -0.15) is 0 Å². The Labute approximate surface area is 116 Å². The quantitative estimate of drug-likeness (QED) is 0.847. The number of hydrogen-bond donors (Lipinski definition) is 0. The predicted octanol–water partition coefficient (Wildman–Crippen LogP) is 3.37. The van der Waals surface area contributed by atoms with Crippen molar-refractivity contribution in [2.75, 3.05) is 6.61 Å². The minimum Gasteiger partial charge on any atom is -0.494 e. The molecule has 0 aliphatic rings. The Morgan fingerprint density at radius 1 is 1.22 bits per heavy atom. The van der Waals surface area contributed by atoms with Gasteiger partial charge < -0.3 is 9.30 Å². The van der Waals surface area contributed by atoms with Crippen LogP contribution in [0.3, 0.4) is 0 Å². The average molecular weight is 309 g/mol. The molecule has 1 heterocycles. The molecule has 2 aromatic rings. The molecule has 0 N–H and O–H groups in total. The van der Waals surface area contributed by atoms with Crippen molar-refractivity contribution in [2.45, 2.75) is 19.8 Å². The lowest BCUT2D eigenvalue weighted by Gasteiger charge is -2.04. The molecule has 1 aromatic heterocycles. The fraction of sp³-hybridized carbons (Fsp3) is 0.357. The second-order valence-electron chi connectivity index (χ2n) is 4.17. The van der Waals surface area contributed by atoms with Gasteiger partial charge in [0.25, 0.3) is 0 Å². The average Bonchev–Trinajstić information content (AvgIpc) is 2.70. The number of nitrogens with zero attached hydrogens (tertiary/aromatic N) is 2. The van der Waals surface area contributed by atoms with Crippen molar-refractivity contribution < 1.29 is 4.74 Å². The number of benzene rings is 1. The molecular weight excluding hydrogens is 292 g/mol. The van der Waals surface area contributed by atoms with Gasteiger partial charge in [-0.15, -0.1) is 0 Å². The first-order valence-corrected chi connectivity index (χ1v) is 6.87. The van der Waals surface area contributed by atoms with Crippen LogP contribution in [0.2, 0.25) is 0 Å². The monoisotopic (exact) mass is 308 g/mol. The van der Waals surface area contributed by atoms with Crippen LogP contribution >= 0.6 is 15.9 Å². The van der Waals surface area contributed by atoms with Crippen LogP contribution in [0.4, 0.5) is 0 Å². The van der Waals surface area contributed by atoms with Gasteiger partial charge in [-0.1, -0.05) is 12.1 Å². The first-order chi connectivity index (χ1) is 8.70. The predicted molar refractivity (Wildman–Crippen MR) is 75.9 cm³/mol. The van der Waals surface area contributed by atoms with Crippen molar-refractivity contribution >= 4 is 15.9 Å². The third-order valence-electron chi connectivity index (χ3n) is 2.82. The third kappa shape index (κ3) is 3.13. The Kier molecular flexibility index (Phi) is 4.42. The van der Waals surface area contributed by atoms with E-state index in [-0.39, 0.29) is 0 Å². The summed E-state index contributed by atoms with van der Waals surface area (Å²) in [6.45, 7) is 2.70. The molecule has 0 aliphatic carbocycles. The highest BCUT2D eigenvalue weighted by atomic mass is 79.9.